The Hall–Kier alpha value is 0.240. The van der Waals surface area contributed by atoms with Crippen LogP contribution in [-0.2, 0) is 4.74 Å². The summed E-state index contributed by atoms with van der Waals surface area (Å²) in [5.41, 5.74) is 1.25. The van der Waals surface area contributed by atoms with Gasteiger partial charge in [-0.05, 0) is 12.2 Å². The first-order chi connectivity index (χ1) is 2.91. The van der Waals surface area contributed by atoms with Gasteiger partial charge in [-0.1, -0.05) is 0 Å². The molecule has 0 aliphatic heterocycles. The summed E-state index contributed by atoms with van der Waals surface area (Å²) >= 11 is 8.20. The SMILES string of the molecule is S=COCCS. The van der Waals surface area contributed by atoms with Gasteiger partial charge in [0.2, 0.25) is 0 Å². The standard InChI is InChI=1S/C3H6OS2/c5-2-1-4-3-6/h3,5H,1-2H2. The molecule has 6 heavy (non-hydrogen) atoms. The maximum atomic E-state index is 4.60. The van der Waals surface area contributed by atoms with Gasteiger partial charge in [-0.25, -0.2) is 0 Å². The van der Waals surface area contributed by atoms with Gasteiger partial charge in [-0.15, -0.1) is 0 Å². The Balaban J connectivity index is 2.49. The molecule has 0 bridgehead atoms. The van der Waals surface area contributed by atoms with Crippen LogP contribution in [0.15, 0.2) is 0 Å². The van der Waals surface area contributed by atoms with Crippen molar-refractivity contribution >= 4 is 30.4 Å². The maximum absolute atomic E-state index is 4.60. The van der Waals surface area contributed by atoms with Gasteiger partial charge in [-0.3, -0.25) is 0 Å². The van der Waals surface area contributed by atoms with Gasteiger partial charge in [0.25, 0.3) is 0 Å². The van der Waals surface area contributed by atoms with Crippen LogP contribution < -0.4 is 0 Å². The van der Waals surface area contributed by atoms with E-state index < -0.39 is 0 Å². The van der Waals surface area contributed by atoms with Gasteiger partial charge in [-0.2, -0.15) is 12.6 Å². The highest BCUT2D eigenvalue weighted by molar-refractivity contribution is 7.80. The fourth-order valence-electron chi connectivity index (χ4n) is 0.101. The van der Waals surface area contributed by atoms with Crippen LogP contribution in [0.5, 0.6) is 0 Å². The number of thiol groups is 1. The highest BCUT2D eigenvalue weighted by atomic mass is 32.1. The highest BCUT2D eigenvalue weighted by Gasteiger charge is 1.70. The molecule has 3 heteroatoms. The first kappa shape index (κ1) is 6.24. The molecule has 0 saturated heterocycles. The quantitative estimate of drug-likeness (QED) is 0.338. The number of ether oxygens (including phenoxy) is 1. The molecule has 0 heterocycles. The highest BCUT2D eigenvalue weighted by Crippen LogP contribution is 1.71. The van der Waals surface area contributed by atoms with E-state index in [1.807, 2.05) is 0 Å². The van der Waals surface area contributed by atoms with Crippen LogP contribution >= 0.6 is 24.8 Å². The molecular weight excluding hydrogens is 116 g/mol. The van der Waals surface area contributed by atoms with Gasteiger partial charge in [0.15, 0.2) is 0 Å². The third-order valence-electron chi connectivity index (χ3n) is 0.277. The summed E-state index contributed by atoms with van der Waals surface area (Å²) in [5.74, 6) is 0.729. The zero-order valence-electron chi connectivity index (χ0n) is 3.26. The minimum Gasteiger partial charge on any atom is -0.489 e. The molecule has 0 radical (unpaired) electrons. The van der Waals surface area contributed by atoms with E-state index in [9.17, 15) is 0 Å². The summed E-state index contributed by atoms with van der Waals surface area (Å²) in [5, 5.41) is 0. The van der Waals surface area contributed by atoms with Gasteiger partial charge in [0.05, 0.1) is 6.61 Å². The second-order valence-corrected chi connectivity index (χ2v) is 1.33. The van der Waals surface area contributed by atoms with E-state index in [-0.39, 0.29) is 0 Å². The predicted octanol–water partition coefficient (Wildman–Crippen LogP) is 0.890. The third-order valence-corrected chi connectivity index (χ3v) is 0.596. The molecule has 0 aromatic heterocycles. The Morgan fingerprint density at radius 3 is 2.67 bits per heavy atom. The molecule has 0 spiro atoms. The lowest BCUT2D eigenvalue weighted by molar-refractivity contribution is 0.356. The van der Waals surface area contributed by atoms with Gasteiger partial charge < -0.3 is 4.74 Å². The van der Waals surface area contributed by atoms with Gasteiger partial charge >= 0.3 is 0 Å². The molecule has 0 aromatic rings. The van der Waals surface area contributed by atoms with E-state index in [0.717, 1.165) is 5.75 Å². The lowest BCUT2D eigenvalue weighted by Crippen LogP contribution is -1.88. The summed E-state index contributed by atoms with van der Waals surface area (Å²) < 4.78 is 4.60. The molecule has 0 aliphatic carbocycles. The van der Waals surface area contributed by atoms with Crippen LogP contribution in [0, 0.1) is 0 Å². The Labute approximate surface area is 48.1 Å². The predicted molar refractivity (Wildman–Crippen MR) is 33.5 cm³/mol. The first-order valence-corrected chi connectivity index (χ1v) is 2.68. The molecule has 0 rings (SSSR count). The Morgan fingerprint density at radius 1 is 1.83 bits per heavy atom. The fraction of sp³-hybridized carbons (Fsp3) is 0.667. The molecule has 1 nitrogen and oxygen atoms in total. The van der Waals surface area contributed by atoms with Gasteiger partial charge in [0.1, 0.15) is 5.55 Å². The fourth-order valence-corrected chi connectivity index (χ4v) is 0.302. The van der Waals surface area contributed by atoms with Crippen molar-refractivity contribution in [3.05, 3.63) is 0 Å². The normalized spacial score (nSPS) is 7.50. The second kappa shape index (κ2) is 5.24. The summed E-state index contributed by atoms with van der Waals surface area (Å²) in [7, 11) is 0. The molecule has 0 atom stereocenters. The summed E-state index contributed by atoms with van der Waals surface area (Å²) in [6.07, 6.45) is 0. The van der Waals surface area contributed by atoms with Crippen molar-refractivity contribution in [3.8, 4) is 0 Å². The molecule has 0 amide bonds. The van der Waals surface area contributed by atoms with Crippen molar-refractivity contribution in [1.82, 2.24) is 0 Å². The van der Waals surface area contributed by atoms with Crippen molar-refractivity contribution in [2.24, 2.45) is 0 Å². The van der Waals surface area contributed by atoms with Crippen molar-refractivity contribution in [2.45, 2.75) is 0 Å². The average Bonchev–Trinajstić information content (AvgIpc) is 1.61. The Kier molecular flexibility index (Phi) is 5.45. The van der Waals surface area contributed by atoms with Crippen LogP contribution in [0.4, 0.5) is 0 Å². The monoisotopic (exact) mass is 122 g/mol. The van der Waals surface area contributed by atoms with Crippen LogP contribution in [0.2, 0.25) is 0 Å². The first-order valence-electron chi connectivity index (χ1n) is 1.58. The summed E-state index contributed by atoms with van der Waals surface area (Å²) in [6, 6.07) is 0. The van der Waals surface area contributed by atoms with Crippen LogP contribution in [0.3, 0.4) is 0 Å². The second-order valence-electron chi connectivity index (χ2n) is 0.691. The van der Waals surface area contributed by atoms with Crippen LogP contribution in [0.1, 0.15) is 0 Å². The van der Waals surface area contributed by atoms with E-state index in [1.54, 1.807) is 0 Å². The van der Waals surface area contributed by atoms with E-state index in [2.05, 4.69) is 29.6 Å². The zero-order valence-corrected chi connectivity index (χ0v) is 4.97. The topological polar surface area (TPSA) is 9.23 Å². The maximum Gasteiger partial charge on any atom is 0.146 e. The minimum absolute atomic E-state index is 0.618. The molecule has 0 aliphatic rings. The third kappa shape index (κ3) is 4.24. The Bertz CT molecular complexity index is 37.8. The Morgan fingerprint density at radius 2 is 2.50 bits per heavy atom. The number of hydrogen-bond donors (Lipinski definition) is 1. The smallest absolute Gasteiger partial charge is 0.146 e. The number of thiocarbonyl (C=S) groups is 1. The molecule has 0 unspecified atom stereocenters. The van der Waals surface area contributed by atoms with Crippen molar-refractivity contribution in [2.75, 3.05) is 12.4 Å². The van der Waals surface area contributed by atoms with Crippen LogP contribution in [-0.4, -0.2) is 17.9 Å². The van der Waals surface area contributed by atoms with Crippen molar-refractivity contribution < 1.29 is 4.74 Å². The van der Waals surface area contributed by atoms with Crippen molar-refractivity contribution in [1.29, 1.82) is 0 Å². The summed E-state index contributed by atoms with van der Waals surface area (Å²) in [4.78, 5) is 0. The average molecular weight is 122 g/mol. The molecule has 0 N–H and O–H groups in total. The lowest BCUT2D eigenvalue weighted by Gasteiger charge is -1.88. The van der Waals surface area contributed by atoms with E-state index >= 15 is 0 Å². The van der Waals surface area contributed by atoms with Crippen LogP contribution in [0.25, 0.3) is 0 Å². The lowest BCUT2D eigenvalue weighted by atomic mass is 10.9. The molecule has 0 saturated carbocycles. The van der Waals surface area contributed by atoms with Gasteiger partial charge in [0, 0.05) is 5.75 Å². The molecular formula is C3H6OS2. The molecule has 0 aromatic carbocycles. The van der Waals surface area contributed by atoms with E-state index in [4.69, 9.17) is 0 Å². The summed E-state index contributed by atoms with van der Waals surface area (Å²) in [6.45, 7) is 0.618. The zero-order chi connectivity index (χ0) is 4.83. The number of rotatable bonds is 3. The number of hydrogen-bond acceptors (Lipinski definition) is 3. The molecule has 36 valence electrons. The van der Waals surface area contributed by atoms with E-state index in [0.29, 0.717) is 6.61 Å². The minimum atomic E-state index is 0.618. The van der Waals surface area contributed by atoms with Crippen molar-refractivity contribution in [3.63, 3.8) is 0 Å². The molecule has 0 fully saturated rings. The van der Waals surface area contributed by atoms with E-state index in [1.165, 1.54) is 5.55 Å². The largest absolute Gasteiger partial charge is 0.489 e.